The number of benzene rings is 1. The molecule has 146 valence electrons. The van der Waals surface area contributed by atoms with Gasteiger partial charge in [0.1, 0.15) is 6.61 Å². The summed E-state index contributed by atoms with van der Waals surface area (Å²) in [6.45, 7) is 1.66. The van der Waals surface area contributed by atoms with E-state index < -0.39 is 24.0 Å². The van der Waals surface area contributed by atoms with Crippen molar-refractivity contribution in [2.75, 3.05) is 13.2 Å². The quantitative estimate of drug-likeness (QED) is 0.697. The summed E-state index contributed by atoms with van der Waals surface area (Å²) in [5, 5.41) is 9.04. The van der Waals surface area contributed by atoms with Gasteiger partial charge in [0.15, 0.2) is 0 Å². The molecule has 2 aromatic rings. The second kappa shape index (κ2) is 9.18. The number of amides is 2. The molecule has 2 amide bonds. The first-order valence-corrected chi connectivity index (χ1v) is 9.72. The summed E-state index contributed by atoms with van der Waals surface area (Å²) >= 11 is 1.49. The standard InChI is InChI=1S/C20H20N2O5S/c1-2-26-19(24)17-15(11-27-16(23)10-13-8-9-28-12-13)21-20(25)22-18(17)14-6-4-3-5-7-14/h3-9,12,18H,2,10-11H2,1H3,(H2,21,22,25)/t18-/m1/s1. The van der Waals surface area contributed by atoms with Crippen LogP contribution in [0.3, 0.4) is 0 Å². The van der Waals surface area contributed by atoms with Crippen LogP contribution in [0.1, 0.15) is 24.1 Å². The molecule has 3 rings (SSSR count). The summed E-state index contributed by atoms with van der Waals surface area (Å²) in [7, 11) is 0. The highest BCUT2D eigenvalue weighted by molar-refractivity contribution is 7.08. The second-order valence-corrected chi connectivity index (χ2v) is 6.80. The van der Waals surface area contributed by atoms with Crippen LogP contribution in [0, 0.1) is 0 Å². The summed E-state index contributed by atoms with van der Waals surface area (Å²) < 4.78 is 10.5. The Kier molecular flexibility index (Phi) is 6.44. The first-order chi connectivity index (χ1) is 13.6. The monoisotopic (exact) mass is 400 g/mol. The van der Waals surface area contributed by atoms with Crippen molar-refractivity contribution < 1.29 is 23.9 Å². The Bertz CT molecular complexity index is 877. The molecule has 1 atom stereocenters. The summed E-state index contributed by atoms with van der Waals surface area (Å²) in [5.74, 6) is -1.02. The van der Waals surface area contributed by atoms with E-state index in [2.05, 4.69) is 10.6 Å². The van der Waals surface area contributed by atoms with Crippen LogP contribution < -0.4 is 10.6 Å². The van der Waals surface area contributed by atoms with E-state index in [0.29, 0.717) is 0 Å². The summed E-state index contributed by atoms with van der Waals surface area (Å²) in [5.41, 5.74) is 2.01. The zero-order chi connectivity index (χ0) is 19.9. The first-order valence-electron chi connectivity index (χ1n) is 8.77. The maximum absolute atomic E-state index is 12.6. The maximum atomic E-state index is 12.6. The Morgan fingerprint density at radius 2 is 1.93 bits per heavy atom. The van der Waals surface area contributed by atoms with Gasteiger partial charge in [-0.3, -0.25) is 4.79 Å². The van der Waals surface area contributed by atoms with Gasteiger partial charge in [-0.1, -0.05) is 30.3 Å². The fourth-order valence-electron chi connectivity index (χ4n) is 2.84. The van der Waals surface area contributed by atoms with Crippen LogP contribution in [0.2, 0.25) is 0 Å². The van der Waals surface area contributed by atoms with Crippen LogP contribution in [0.25, 0.3) is 0 Å². The van der Waals surface area contributed by atoms with Gasteiger partial charge in [-0.2, -0.15) is 11.3 Å². The molecule has 8 heteroatoms. The summed E-state index contributed by atoms with van der Waals surface area (Å²) in [6, 6.07) is 9.73. The van der Waals surface area contributed by atoms with E-state index in [4.69, 9.17) is 9.47 Å². The second-order valence-electron chi connectivity index (χ2n) is 6.02. The fourth-order valence-corrected chi connectivity index (χ4v) is 3.51. The average Bonchev–Trinajstić information content (AvgIpc) is 3.19. The molecule has 0 aliphatic carbocycles. The van der Waals surface area contributed by atoms with E-state index in [0.717, 1.165) is 11.1 Å². The molecule has 0 bridgehead atoms. The van der Waals surface area contributed by atoms with E-state index >= 15 is 0 Å². The molecule has 2 N–H and O–H groups in total. The number of esters is 2. The molecule has 0 radical (unpaired) electrons. The molecule has 0 unspecified atom stereocenters. The van der Waals surface area contributed by atoms with Gasteiger partial charge in [0.2, 0.25) is 0 Å². The number of thiophene rings is 1. The third-order valence-corrected chi connectivity index (χ3v) is 4.82. The van der Waals surface area contributed by atoms with Crippen LogP contribution in [0.5, 0.6) is 0 Å². The molecule has 0 fully saturated rings. The predicted molar refractivity (Wildman–Crippen MR) is 103 cm³/mol. The Hall–Kier alpha value is -3.13. The number of carbonyl (C=O) groups is 3. The lowest BCUT2D eigenvalue weighted by Crippen LogP contribution is -2.47. The lowest BCUT2D eigenvalue weighted by Gasteiger charge is -2.29. The molecule has 28 heavy (non-hydrogen) atoms. The topological polar surface area (TPSA) is 93.7 Å². The van der Waals surface area contributed by atoms with E-state index in [9.17, 15) is 14.4 Å². The van der Waals surface area contributed by atoms with Gasteiger partial charge >= 0.3 is 18.0 Å². The normalized spacial score (nSPS) is 16.2. The highest BCUT2D eigenvalue weighted by Crippen LogP contribution is 2.27. The fraction of sp³-hybridized carbons (Fsp3) is 0.250. The molecular weight excluding hydrogens is 380 g/mol. The van der Waals surface area contributed by atoms with Crippen LogP contribution in [0.4, 0.5) is 4.79 Å². The average molecular weight is 400 g/mol. The number of rotatable bonds is 7. The lowest BCUT2D eigenvalue weighted by molar-refractivity contribution is -0.143. The van der Waals surface area contributed by atoms with Crippen LogP contribution in [0.15, 0.2) is 58.4 Å². The van der Waals surface area contributed by atoms with Crippen molar-refractivity contribution in [3.05, 3.63) is 69.6 Å². The molecule has 2 heterocycles. The van der Waals surface area contributed by atoms with Gasteiger partial charge in [-0.05, 0) is 34.9 Å². The van der Waals surface area contributed by atoms with E-state index in [-0.39, 0.29) is 30.9 Å². The summed E-state index contributed by atoms with van der Waals surface area (Å²) in [4.78, 5) is 36.8. The lowest BCUT2D eigenvalue weighted by atomic mass is 9.95. The van der Waals surface area contributed by atoms with Gasteiger partial charge < -0.3 is 20.1 Å². The minimum atomic E-state index is -0.695. The number of ether oxygens (including phenoxy) is 2. The smallest absolute Gasteiger partial charge is 0.338 e. The zero-order valence-electron chi connectivity index (χ0n) is 15.3. The van der Waals surface area contributed by atoms with E-state index in [1.165, 1.54) is 11.3 Å². The Balaban J connectivity index is 1.84. The van der Waals surface area contributed by atoms with Gasteiger partial charge in [0, 0.05) is 0 Å². The molecule has 1 aromatic heterocycles. The van der Waals surface area contributed by atoms with E-state index in [1.54, 1.807) is 19.1 Å². The van der Waals surface area contributed by atoms with Gasteiger partial charge in [0.25, 0.3) is 0 Å². The third-order valence-electron chi connectivity index (χ3n) is 4.09. The van der Waals surface area contributed by atoms with Crippen molar-refractivity contribution in [2.45, 2.75) is 19.4 Å². The SMILES string of the molecule is CCOC(=O)C1=C(COC(=O)Cc2ccsc2)NC(=O)N[C@@H]1c1ccccc1. The van der Waals surface area contributed by atoms with Crippen molar-refractivity contribution >= 4 is 29.3 Å². The number of urea groups is 1. The maximum Gasteiger partial charge on any atom is 0.338 e. The summed E-state index contributed by atoms with van der Waals surface area (Å²) in [6.07, 6.45) is 0.125. The number of hydrogen-bond acceptors (Lipinski definition) is 6. The highest BCUT2D eigenvalue weighted by Gasteiger charge is 2.34. The molecule has 0 saturated carbocycles. The molecule has 1 aliphatic rings. The Labute approximate surface area is 166 Å². The van der Waals surface area contributed by atoms with Crippen molar-refractivity contribution in [3.8, 4) is 0 Å². The molecule has 7 nitrogen and oxygen atoms in total. The third kappa shape index (κ3) is 4.77. The van der Waals surface area contributed by atoms with E-state index in [1.807, 2.05) is 35.0 Å². The molecule has 0 saturated heterocycles. The van der Waals surface area contributed by atoms with Crippen LogP contribution in [-0.4, -0.2) is 31.2 Å². The van der Waals surface area contributed by atoms with Crippen molar-refractivity contribution in [3.63, 3.8) is 0 Å². The molecule has 1 aromatic carbocycles. The molecule has 1 aliphatic heterocycles. The van der Waals surface area contributed by atoms with Gasteiger partial charge in [-0.15, -0.1) is 0 Å². The zero-order valence-corrected chi connectivity index (χ0v) is 16.1. The van der Waals surface area contributed by atoms with Crippen molar-refractivity contribution in [1.82, 2.24) is 10.6 Å². The Morgan fingerprint density at radius 3 is 2.61 bits per heavy atom. The van der Waals surface area contributed by atoms with Crippen molar-refractivity contribution in [1.29, 1.82) is 0 Å². The largest absolute Gasteiger partial charge is 0.463 e. The van der Waals surface area contributed by atoms with Gasteiger partial charge in [0.05, 0.1) is 30.3 Å². The number of hydrogen-bond donors (Lipinski definition) is 2. The predicted octanol–water partition coefficient (Wildman–Crippen LogP) is 2.71. The molecule has 0 spiro atoms. The minimum absolute atomic E-state index is 0.125. The highest BCUT2D eigenvalue weighted by atomic mass is 32.1. The van der Waals surface area contributed by atoms with Crippen molar-refractivity contribution in [2.24, 2.45) is 0 Å². The Morgan fingerprint density at radius 1 is 1.14 bits per heavy atom. The van der Waals surface area contributed by atoms with Crippen LogP contribution >= 0.6 is 11.3 Å². The molecular formula is C20H20N2O5S. The minimum Gasteiger partial charge on any atom is -0.463 e. The number of nitrogens with one attached hydrogen (secondary N) is 2. The van der Waals surface area contributed by atoms with Gasteiger partial charge in [-0.25, -0.2) is 9.59 Å². The van der Waals surface area contributed by atoms with Crippen LogP contribution in [-0.2, 0) is 25.5 Å². The first kappa shape index (κ1) is 19.6. The number of carbonyl (C=O) groups excluding carboxylic acids is 3.